The average molecular weight is 276 g/mol. The molecule has 4 heteroatoms. The van der Waals surface area contributed by atoms with Crippen molar-refractivity contribution in [1.29, 1.82) is 0 Å². The first-order chi connectivity index (χ1) is 9.35. The highest BCUT2D eigenvalue weighted by Crippen LogP contribution is 2.27. The lowest BCUT2D eigenvalue weighted by atomic mass is 10.0. The summed E-state index contributed by atoms with van der Waals surface area (Å²) in [6.07, 6.45) is 3.41. The molecule has 0 aliphatic carbocycles. The number of hydrogen-bond donors (Lipinski definition) is 1. The van der Waals surface area contributed by atoms with Gasteiger partial charge in [0.15, 0.2) is 5.13 Å². The summed E-state index contributed by atoms with van der Waals surface area (Å²) in [7, 11) is 0. The van der Waals surface area contributed by atoms with Crippen LogP contribution in [0.4, 0.5) is 5.13 Å². The van der Waals surface area contributed by atoms with E-state index in [4.69, 9.17) is 4.74 Å². The van der Waals surface area contributed by atoms with Gasteiger partial charge in [-0.2, -0.15) is 0 Å². The van der Waals surface area contributed by atoms with Crippen molar-refractivity contribution >= 4 is 26.7 Å². The molecule has 0 saturated carbocycles. The fourth-order valence-electron chi connectivity index (χ4n) is 2.45. The number of aromatic nitrogens is 1. The number of thiazole rings is 1. The van der Waals surface area contributed by atoms with Gasteiger partial charge in [0.1, 0.15) is 0 Å². The van der Waals surface area contributed by atoms with Crippen LogP contribution in [0, 0.1) is 5.92 Å². The van der Waals surface area contributed by atoms with Gasteiger partial charge in [-0.1, -0.05) is 24.3 Å². The highest BCUT2D eigenvalue weighted by Gasteiger charge is 2.14. The molecule has 3 rings (SSSR count). The van der Waals surface area contributed by atoms with Gasteiger partial charge < -0.3 is 10.1 Å². The summed E-state index contributed by atoms with van der Waals surface area (Å²) in [6, 6.07) is 6.56. The summed E-state index contributed by atoms with van der Waals surface area (Å²) in [4.78, 5) is 4.65. The van der Waals surface area contributed by atoms with Crippen molar-refractivity contribution in [2.45, 2.75) is 26.2 Å². The summed E-state index contributed by atoms with van der Waals surface area (Å²) in [5, 5.41) is 4.54. The van der Waals surface area contributed by atoms with Gasteiger partial charge in [0.2, 0.25) is 0 Å². The topological polar surface area (TPSA) is 34.2 Å². The van der Waals surface area contributed by atoms with E-state index in [1.54, 1.807) is 11.3 Å². The Morgan fingerprint density at radius 2 is 2.21 bits per heavy atom. The normalized spacial score (nSPS) is 16.9. The third-order valence-electron chi connectivity index (χ3n) is 3.74. The van der Waals surface area contributed by atoms with Crippen LogP contribution < -0.4 is 5.32 Å². The van der Waals surface area contributed by atoms with E-state index in [1.807, 2.05) is 0 Å². The van der Waals surface area contributed by atoms with Gasteiger partial charge >= 0.3 is 0 Å². The van der Waals surface area contributed by atoms with Gasteiger partial charge in [0, 0.05) is 19.8 Å². The molecule has 0 unspecified atom stereocenters. The molecule has 2 heterocycles. The summed E-state index contributed by atoms with van der Waals surface area (Å²) >= 11 is 1.76. The van der Waals surface area contributed by atoms with Crippen molar-refractivity contribution in [3.05, 3.63) is 23.8 Å². The molecule has 1 aliphatic heterocycles. The Morgan fingerprint density at radius 1 is 1.37 bits per heavy atom. The Balaban J connectivity index is 1.67. The zero-order chi connectivity index (χ0) is 13.1. The lowest BCUT2D eigenvalue weighted by Crippen LogP contribution is -2.22. The van der Waals surface area contributed by atoms with Crippen LogP contribution in [-0.4, -0.2) is 24.7 Å². The number of nitrogens with zero attached hydrogens (tertiary/aromatic N) is 1. The molecule has 19 heavy (non-hydrogen) atoms. The Bertz CT molecular complexity index is 546. The minimum atomic E-state index is 0.729. The third-order valence-corrected chi connectivity index (χ3v) is 4.72. The first kappa shape index (κ1) is 12.9. The SMILES string of the molecule is CCc1ccc2nc(NCC3CCOCC3)sc2c1. The maximum atomic E-state index is 5.38. The van der Waals surface area contributed by atoms with Crippen LogP contribution >= 0.6 is 11.3 Å². The van der Waals surface area contributed by atoms with Crippen LogP contribution in [0.2, 0.25) is 0 Å². The van der Waals surface area contributed by atoms with Gasteiger partial charge in [-0.25, -0.2) is 4.98 Å². The van der Waals surface area contributed by atoms with Crippen molar-refractivity contribution in [1.82, 2.24) is 4.98 Å². The summed E-state index contributed by atoms with van der Waals surface area (Å²) < 4.78 is 6.67. The molecule has 0 amide bonds. The molecule has 0 atom stereocenters. The lowest BCUT2D eigenvalue weighted by Gasteiger charge is -2.21. The van der Waals surface area contributed by atoms with Gasteiger partial charge in [-0.05, 0) is 42.9 Å². The Kier molecular flexibility index (Phi) is 3.99. The molecular formula is C15H20N2OS. The zero-order valence-corrected chi connectivity index (χ0v) is 12.1. The highest BCUT2D eigenvalue weighted by atomic mass is 32.1. The van der Waals surface area contributed by atoms with Gasteiger partial charge in [-0.15, -0.1) is 0 Å². The van der Waals surface area contributed by atoms with E-state index >= 15 is 0 Å². The molecule has 1 fully saturated rings. The minimum absolute atomic E-state index is 0.729. The fraction of sp³-hybridized carbons (Fsp3) is 0.533. The number of hydrogen-bond acceptors (Lipinski definition) is 4. The van der Waals surface area contributed by atoms with E-state index in [0.717, 1.165) is 55.6 Å². The molecule has 0 spiro atoms. The van der Waals surface area contributed by atoms with E-state index in [9.17, 15) is 0 Å². The third kappa shape index (κ3) is 3.07. The van der Waals surface area contributed by atoms with E-state index in [1.165, 1.54) is 10.3 Å². The van der Waals surface area contributed by atoms with Crippen LogP contribution in [-0.2, 0) is 11.2 Å². The largest absolute Gasteiger partial charge is 0.381 e. The number of anilines is 1. The van der Waals surface area contributed by atoms with E-state index in [-0.39, 0.29) is 0 Å². The molecule has 0 bridgehead atoms. The van der Waals surface area contributed by atoms with Crippen molar-refractivity contribution in [2.24, 2.45) is 5.92 Å². The second-order valence-electron chi connectivity index (χ2n) is 5.11. The second kappa shape index (κ2) is 5.88. The summed E-state index contributed by atoms with van der Waals surface area (Å²) in [5.41, 5.74) is 2.49. The standard InChI is InChI=1S/C15H20N2OS/c1-2-11-3-4-13-14(9-11)19-15(17-13)16-10-12-5-7-18-8-6-12/h3-4,9,12H,2,5-8,10H2,1H3,(H,16,17). The summed E-state index contributed by atoms with van der Waals surface area (Å²) in [5.74, 6) is 0.729. The van der Waals surface area contributed by atoms with Crippen molar-refractivity contribution in [3.8, 4) is 0 Å². The number of nitrogens with one attached hydrogen (secondary N) is 1. The molecule has 1 aromatic carbocycles. The van der Waals surface area contributed by atoms with Crippen LogP contribution in [0.15, 0.2) is 18.2 Å². The zero-order valence-electron chi connectivity index (χ0n) is 11.3. The molecule has 1 aromatic heterocycles. The molecule has 0 radical (unpaired) electrons. The Labute approximate surface area is 118 Å². The Morgan fingerprint density at radius 3 is 3.00 bits per heavy atom. The number of ether oxygens (including phenoxy) is 1. The van der Waals surface area contributed by atoms with Crippen LogP contribution in [0.1, 0.15) is 25.3 Å². The van der Waals surface area contributed by atoms with Crippen molar-refractivity contribution in [3.63, 3.8) is 0 Å². The van der Waals surface area contributed by atoms with Crippen LogP contribution in [0.25, 0.3) is 10.2 Å². The molecule has 2 aromatic rings. The number of benzene rings is 1. The number of rotatable bonds is 4. The molecule has 102 valence electrons. The smallest absolute Gasteiger partial charge is 0.183 e. The maximum Gasteiger partial charge on any atom is 0.183 e. The molecular weight excluding hydrogens is 256 g/mol. The first-order valence-electron chi connectivity index (χ1n) is 7.06. The van der Waals surface area contributed by atoms with E-state index in [2.05, 4.69) is 35.4 Å². The van der Waals surface area contributed by atoms with Crippen LogP contribution in [0.3, 0.4) is 0 Å². The molecule has 3 nitrogen and oxygen atoms in total. The second-order valence-corrected chi connectivity index (χ2v) is 6.14. The van der Waals surface area contributed by atoms with E-state index < -0.39 is 0 Å². The van der Waals surface area contributed by atoms with Crippen LogP contribution in [0.5, 0.6) is 0 Å². The quantitative estimate of drug-likeness (QED) is 0.924. The first-order valence-corrected chi connectivity index (χ1v) is 7.88. The molecule has 1 N–H and O–H groups in total. The minimum Gasteiger partial charge on any atom is -0.381 e. The summed E-state index contributed by atoms with van der Waals surface area (Å²) in [6.45, 7) is 5.02. The van der Waals surface area contributed by atoms with Gasteiger partial charge in [0.25, 0.3) is 0 Å². The average Bonchev–Trinajstić information content (AvgIpc) is 2.88. The fourth-order valence-corrected chi connectivity index (χ4v) is 3.38. The highest BCUT2D eigenvalue weighted by molar-refractivity contribution is 7.22. The predicted molar refractivity (Wildman–Crippen MR) is 81.0 cm³/mol. The molecule has 1 saturated heterocycles. The predicted octanol–water partition coefficient (Wildman–Crippen LogP) is 3.70. The van der Waals surface area contributed by atoms with Gasteiger partial charge in [0.05, 0.1) is 10.2 Å². The monoisotopic (exact) mass is 276 g/mol. The van der Waals surface area contributed by atoms with E-state index in [0.29, 0.717) is 0 Å². The maximum absolute atomic E-state index is 5.38. The lowest BCUT2D eigenvalue weighted by molar-refractivity contribution is 0.0699. The molecule has 1 aliphatic rings. The van der Waals surface area contributed by atoms with Crippen molar-refractivity contribution < 1.29 is 4.74 Å². The Hall–Kier alpha value is -1.13. The van der Waals surface area contributed by atoms with Crippen molar-refractivity contribution in [2.75, 3.05) is 25.1 Å². The number of fused-ring (bicyclic) bond motifs is 1. The number of aryl methyl sites for hydroxylation is 1. The van der Waals surface area contributed by atoms with Gasteiger partial charge in [-0.3, -0.25) is 0 Å².